The van der Waals surface area contributed by atoms with Crippen LogP contribution in [0, 0.1) is 0 Å². The van der Waals surface area contributed by atoms with Crippen molar-refractivity contribution < 1.29 is 0 Å². The van der Waals surface area contributed by atoms with Gasteiger partial charge < -0.3 is 11.5 Å². The number of benzene rings is 2. The predicted molar refractivity (Wildman–Crippen MR) is 111 cm³/mol. The first-order valence-corrected chi connectivity index (χ1v) is 9.29. The number of nitrogen functional groups attached to an aromatic ring is 2. The Morgan fingerprint density at radius 2 is 1.17 bits per heavy atom. The molecular formula is C18H20Br2N4. The van der Waals surface area contributed by atoms with E-state index in [0.717, 1.165) is 44.3 Å². The van der Waals surface area contributed by atoms with Crippen molar-refractivity contribution in [2.45, 2.75) is 26.7 Å². The summed E-state index contributed by atoms with van der Waals surface area (Å²) in [5, 5.41) is 8.91. The molecule has 0 fully saturated rings. The van der Waals surface area contributed by atoms with E-state index >= 15 is 0 Å². The van der Waals surface area contributed by atoms with Gasteiger partial charge in [0.25, 0.3) is 0 Å². The molecule has 0 bridgehead atoms. The maximum atomic E-state index is 6.10. The molecule has 0 aliphatic heterocycles. The van der Waals surface area contributed by atoms with Gasteiger partial charge in [0.2, 0.25) is 0 Å². The minimum absolute atomic E-state index is 0.682. The average molecular weight is 452 g/mol. The highest BCUT2D eigenvalue weighted by Gasteiger charge is 2.09. The molecule has 24 heavy (non-hydrogen) atoms. The zero-order valence-electron chi connectivity index (χ0n) is 13.7. The van der Waals surface area contributed by atoms with Gasteiger partial charge in [-0.25, -0.2) is 0 Å². The number of anilines is 2. The molecule has 0 radical (unpaired) electrons. The van der Waals surface area contributed by atoms with Crippen LogP contribution in [0.15, 0.2) is 55.5 Å². The highest BCUT2D eigenvalue weighted by Crippen LogP contribution is 2.22. The van der Waals surface area contributed by atoms with Crippen molar-refractivity contribution in [1.29, 1.82) is 0 Å². The van der Waals surface area contributed by atoms with E-state index in [4.69, 9.17) is 11.5 Å². The van der Waals surface area contributed by atoms with Gasteiger partial charge in [0.05, 0.1) is 11.4 Å². The summed E-state index contributed by atoms with van der Waals surface area (Å²) in [6.07, 6.45) is 1.48. The smallest absolute Gasteiger partial charge is 0.0720 e. The van der Waals surface area contributed by atoms with Gasteiger partial charge in [0, 0.05) is 31.4 Å². The van der Waals surface area contributed by atoms with Gasteiger partial charge in [0.1, 0.15) is 0 Å². The van der Waals surface area contributed by atoms with Gasteiger partial charge in [0.15, 0.2) is 0 Å². The van der Waals surface area contributed by atoms with E-state index in [1.165, 1.54) is 0 Å². The third kappa shape index (κ3) is 4.45. The average Bonchev–Trinajstić information content (AvgIpc) is 2.54. The fourth-order valence-electron chi connectivity index (χ4n) is 2.34. The second-order valence-electron chi connectivity index (χ2n) is 5.26. The molecular weight excluding hydrogens is 432 g/mol. The molecule has 0 saturated carbocycles. The summed E-state index contributed by atoms with van der Waals surface area (Å²) in [5.41, 5.74) is 17.1. The van der Waals surface area contributed by atoms with Gasteiger partial charge in [-0.15, -0.1) is 0 Å². The van der Waals surface area contributed by atoms with Crippen LogP contribution < -0.4 is 11.5 Å². The molecule has 0 amide bonds. The van der Waals surface area contributed by atoms with E-state index < -0.39 is 0 Å². The number of hydrogen-bond donors (Lipinski definition) is 2. The van der Waals surface area contributed by atoms with Crippen molar-refractivity contribution in [3.05, 3.63) is 56.5 Å². The van der Waals surface area contributed by atoms with Crippen LogP contribution in [0.2, 0.25) is 0 Å². The van der Waals surface area contributed by atoms with Crippen molar-refractivity contribution in [3.8, 4) is 0 Å². The minimum Gasteiger partial charge on any atom is -0.398 e. The SMILES string of the molecule is CCC(=NN=C(CC)c1ccc(Br)cc1N)c1ccc(Br)cc1N. The topological polar surface area (TPSA) is 76.8 Å². The molecule has 0 heterocycles. The lowest BCUT2D eigenvalue weighted by Crippen LogP contribution is -2.06. The summed E-state index contributed by atoms with van der Waals surface area (Å²) in [4.78, 5) is 0. The van der Waals surface area contributed by atoms with Crippen molar-refractivity contribution in [2.75, 3.05) is 11.5 Å². The number of halogens is 2. The summed E-state index contributed by atoms with van der Waals surface area (Å²) >= 11 is 6.84. The molecule has 0 saturated heterocycles. The number of nitrogens with two attached hydrogens (primary N) is 2. The Morgan fingerprint density at radius 3 is 1.46 bits per heavy atom. The standard InChI is InChI=1S/C18H20Br2N4/c1-3-17(13-7-5-11(19)9-15(13)21)23-24-18(4-2)14-8-6-12(20)10-16(14)22/h5-10H,3-4,21-22H2,1-2H3. The molecule has 0 atom stereocenters. The highest BCUT2D eigenvalue weighted by atomic mass is 79.9. The summed E-state index contributed by atoms with van der Waals surface area (Å²) in [6, 6.07) is 11.6. The lowest BCUT2D eigenvalue weighted by molar-refractivity contribution is 1.13. The van der Waals surface area contributed by atoms with Crippen LogP contribution in [-0.4, -0.2) is 11.4 Å². The van der Waals surface area contributed by atoms with Crippen LogP contribution in [-0.2, 0) is 0 Å². The lowest BCUT2D eigenvalue weighted by Gasteiger charge is -2.09. The molecule has 0 aliphatic carbocycles. The van der Waals surface area contributed by atoms with Crippen LogP contribution in [0.25, 0.3) is 0 Å². The Kier molecular flexibility index (Phi) is 6.57. The van der Waals surface area contributed by atoms with Crippen LogP contribution >= 0.6 is 31.9 Å². The Bertz CT molecular complexity index is 730. The highest BCUT2D eigenvalue weighted by molar-refractivity contribution is 9.10. The fraction of sp³-hybridized carbons (Fsp3) is 0.222. The summed E-state index contributed by atoms with van der Waals surface area (Å²) in [6.45, 7) is 4.07. The molecule has 4 nitrogen and oxygen atoms in total. The molecule has 0 aliphatic rings. The first-order valence-electron chi connectivity index (χ1n) is 7.70. The van der Waals surface area contributed by atoms with Gasteiger partial charge in [-0.1, -0.05) is 45.7 Å². The van der Waals surface area contributed by atoms with Crippen LogP contribution in [0.1, 0.15) is 37.8 Å². The quantitative estimate of drug-likeness (QED) is 0.363. The van der Waals surface area contributed by atoms with E-state index in [1.807, 2.05) is 50.2 Å². The van der Waals surface area contributed by atoms with E-state index in [0.29, 0.717) is 11.4 Å². The number of hydrogen-bond acceptors (Lipinski definition) is 4. The molecule has 2 rings (SSSR count). The second-order valence-corrected chi connectivity index (χ2v) is 7.09. The number of nitrogens with zero attached hydrogens (tertiary/aromatic N) is 2. The third-order valence-electron chi connectivity index (χ3n) is 3.61. The van der Waals surface area contributed by atoms with E-state index in [-0.39, 0.29) is 0 Å². The fourth-order valence-corrected chi connectivity index (χ4v) is 3.10. The molecule has 0 unspecified atom stereocenters. The van der Waals surface area contributed by atoms with E-state index in [2.05, 4.69) is 42.1 Å². The Labute approximate surface area is 159 Å². The molecule has 4 N–H and O–H groups in total. The maximum Gasteiger partial charge on any atom is 0.0720 e. The van der Waals surface area contributed by atoms with E-state index in [9.17, 15) is 0 Å². The van der Waals surface area contributed by atoms with Crippen molar-refractivity contribution in [3.63, 3.8) is 0 Å². The molecule has 0 spiro atoms. The predicted octanol–water partition coefficient (Wildman–Crippen LogP) is 5.39. The largest absolute Gasteiger partial charge is 0.398 e. The van der Waals surface area contributed by atoms with Crippen LogP contribution in [0.4, 0.5) is 11.4 Å². The molecule has 2 aromatic rings. The van der Waals surface area contributed by atoms with E-state index in [1.54, 1.807) is 0 Å². The van der Waals surface area contributed by atoms with Crippen molar-refractivity contribution in [1.82, 2.24) is 0 Å². The van der Waals surface area contributed by atoms with Crippen molar-refractivity contribution >= 4 is 54.7 Å². The third-order valence-corrected chi connectivity index (χ3v) is 4.60. The molecule has 2 aromatic carbocycles. The van der Waals surface area contributed by atoms with Gasteiger partial charge in [-0.05, 0) is 49.2 Å². The Morgan fingerprint density at radius 1 is 0.792 bits per heavy atom. The van der Waals surface area contributed by atoms with Gasteiger partial charge in [-0.2, -0.15) is 10.2 Å². The van der Waals surface area contributed by atoms with Crippen molar-refractivity contribution in [2.24, 2.45) is 10.2 Å². The van der Waals surface area contributed by atoms with Crippen LogP contribution in [0.5, 0.6) is 0 Å². The molecule has 6 heteroatoms. The summed E-state index contributed by atoms with van der Waals surface area (Å²) in [5.74, 6) is 0. The normalized spacial score (nSPS) is 12.5. The monoisotopic (exact) mass is 450 g/mol. The zero-order valence-corrected chi connectivity index (χ0v) is 16.9. The first-order chi connectivity index (χ1) is 11.5. The molecule has 126 valence electrons. The summed E-state index contributed by atoms with van der Waals surface area (Å²) in [7, 11) is 0. The summed E-state index contributed by atoms with van der Waals surface area (Å²) < 4.78 is 1.89. The Hall–Kier alpha value is -1.66. The van der Waals surface area contributed by atoms with Crippen LogP contribution in [0.3, 0.4) is 0 Å². The second kappa shape index (κ2) is 8.44. The lowest BCUT2D eigenvalue weighted by atomic mass is 10.1. The Balaban J connectivity index is 2.43. The first kappa shape index (κ1) is 18.7. The maximum absolute atomic E-state index is 6.10. The molecule has 0 aromatic heterocycles. The van der Waals surface area contributed by atoms with Gasteiger partial charge >= 0.3 is 0 Å². The zero-order chi connectivity index (χ0) is 17.7. The van der Waals surface area contributed by atoms with Gasteiger partial charge in [-0.3, -0.25) is 0 Å². The minimum atomic E-state index is 0.682. The number of rotatable bonds is 5.